The highest BCUT2D eigenvalue weighted by atomic mass is 79.9. The Morgan fingerprint density at radius 3 is 2.36 bits per heavy atom. The van der Waals surface area contributed by atoms with Crippen LogP contribution in [0.3, 0.4) is 0 Å². The van der Waals surface area contributed by atoms with Gasteiger partial charge in [0.05, 0.1) is 11.9 Å². The van der Waals surface area contributed by atoms with Crippen LogP contribution in [-0.2, 0) is 14.8 Å². The van der Waals surface area contributed by atoms with Gasteiger partial charge in [0.15, 0.2) is 0 Å². The minimum Gasteiger partial charge on any atom is -0.352 e. The molecule has 0 aliphatic rings. The molecule has 0 heterocycles. The number of nitrogens with zero attached hydrogens (tertiary/aromatic N) is 1. The van der Waals surface area contributed by atoms with E-state index in [2.05, 4.69) is 21.2 Å². The molecule has 1 N–H and O–H groups in total. The molecule has 5 nitrogen and oxygen atoms in total. The van der Waals surface area contributed by atoms with Gasteiger partial charge in [-0.15, -0.1) is 0 Å². The standard InChI is InChI=1S/C15H23BrN2O3S/c1-10(2)12(4)17-15(19)9-18(22(5,20)21)13-6-7-14(16)11(3)8-13/h6-8,10,12H,9H2,1-5H3,(H,17,19)/t12-/m0/s1. The van der Waals surface area contributed by atoms with Gasteiger partial charge >= 0.3 is 0 Å². The Morgan fingerprint density at radius 2 is 1.91 bits per heavy atom. The SMILES string of the molecule is Cc1cc(N(CC(=O)N[C@@H](C)C(C)C)S(C)(=O)=O)ccc1Br. The molecule has 124 valence electrons. The van der Waals surface area contributed by atoms with Crippen LogP contribution in [0.1, 0.15) is 26.3 Å². The fourth-order valence-corrected chi connectivity index (χ4v) is 2.88. The molecule has 1 amide bonds. The van der Waals surface area contributed by atoms with Crippen molar-refractivity contribution < 1.29 is 13.2 Å². The molecule has 1 rings (SSSR count). The van der Waals surface area contributed by atoms with Crippen LogP contribution in [0.5, 0.6) is 0 Å². The minimum atomic E-state index is -3.54. The average Bonchev–Trinajstić information content (AvgIpc) is 2.38. The first kappa shape index (κ1) is 19.0. The highest BCUT2D eigenvalue weighted by Gasteiger charge is 2.22. The number of carbonyl (C=O) groups excluding carboxylic acids is 1. The molecule has 0 spiro atoms. The van der Waals surface area contributed by atoms with Crippen molar-refractivity contribution in [3.63, 3.8) is 0 Å². The molecule has 0 aliphatic heterocycles. The summed E-state index contributed by atoms with van der Waals surface area (Å²) in [5.41, 5.74) is 1.39. The van der Waals surface area contributed by atoms with Crippen LogP contribution in [0.25, 0.3) is 0 Å². The molecule has 0 unspecified atom stereocenters. The zero-order chi connectivity index (χ0) is 17.1. The highest BCUT2D eigenvalue weighted by Crippen LogP contribution is 2.24. The van der Waals surface area contributed by atoms with Gasteiger partial charge in [-0.2, -0.15) is 0 Å². The molecule has 0 saturated carbocycles. The summed E-state index contributed by atoms with van der Waals surface area (Å²) in [4.78, 5) is 12.1. The second kappa shape index (κ2) is 7.46. The first-order chi connectivity index (χ1) is 10.0. The second-order valence-electron chi connectivity index (χ2n) is 5.80. The molecule has 0 radical (unpaired) electrons. The molecule has 0 fully saturated rings. The van der Waals surface area contributed by atoms with Gasteiger partial charge in [0.2, 0.25) is 15.9 Å². The Balaban J connectivity index is 3.00. The monoisotopic (exact) mass is 390 g/mol. The van der Waals surface area contributed by atoms with Crippen LogP contribution in [-0.4, -0.2) is 33.2 Å². The summed E-state index contributed by atoms with van der Waals surface area (Å²) in [6.45, 7) is 7.54. The number of rotatable bonds is 6. The van der Waals surface area contributed by atoms with Crippen molar-refractivity contribution in [3.8, 4) is 0 Å². The number of hydrogen-bond acceptors (Lipinski definition) is 3. The van der Waals surface area contributed by atoms with Crippen LogP contribution >= 0.6 is 15.9 Å². The molecule has 0 bridgehead atoms. The van der Waals surface area contributed by atoms with Gasteiger partial charge in [-0.05, 0) is 43.5 Å². The Morgan fingerprint density at radius 1 is 1.32 bits per heavy atom. The summed E-state index contributed by atoms with van der Waals surface area (Å²) in [6.07, 6.45) is 1.10. The van der Waals surface area contributed by atoms with E-state index in [1.165, 1.54) is 0 Å². The number of nitrogens with one attached hydrogen (secondary N) is 1. The van der Waals surface area contributed by atoms with Crippen molar-refractivity contribution in [2.45, 2.75) is 33.7 Å². The Hall–Kier alpha value is -1.08. The molecule has 1 aromatic carbocycles. The molecule has 1 atom stereocenters. The van der Waals surface area contributed by atoms with E-state index in [0.717, 1.165) is 20.6 Å². The molecule has 7 heteroatoms. The zero-order valence-corrected chi connectivity index (χ0v) is 16.0. The Bertz CT molecular complexity index is 644. The number of hydrogen-bond donors (Lipinski definition) is 1. The van der Waals surface area contributed by atoms with Crippen LogP contribution < -0.4 is 9.62 Å². The molecule has 0 aliphatic carbocycles. The number of anilines is 1. The predicted octanol–water partition coefficient (Wildman–Crippen LogP) is 2.68. The average molecular weight is 391 g/mol. The Labute approximate surface area is 141 Å². The van der Waals surface area contributed by atoms with Crippen molar-refractivity contribution in [3.05, 3.63) is 28.2 Å². The van der Waals surface area contributed by atoms with Crippen molar-refractivity contribution in [1.82, 2.24) is 5.32 Å². The molecule has 0 aromatic heterocycles. The van der Waals surface area contributed by atoms with Crippen molar-refractivity contribution in [2.75, 3.05) is 17.1 Å². The zero-order valence-electron chi connectivity index (χ0n) is 13.6. The lowest BCUT2D eigenvalue weighted by Crippen LogP contribution is -2.44. The van der Waals surface area contributed by atoms with Gasteiger partial charge in [0.25, 0.3) is 0 Å². The predicted molar refractivity (Wildman–Crippen MR) is 93.5 cm³/mol. The van der Waals surface area contributed by atoms with Crippen molar-refractivity contribution in [1.29, 1.82) is 0 Å². The number of sulfonamides is 1. The topological polar surface area (TPSA) is 66.5 Å². The third-order valence-corrected chi connectivity index (χ3v) is 5.54. The van der Waals surface area contributed by atoms with Gasteiger partial charge < -0.3 is 5.32 Å². The van der Waals surface area contributed by atoms with Crippen LogP contribution in [0.2, 0.25) is 0 Å². The van der Waals surface area contributed by atoms with E-state index in [0.29, 0.717) is 5.69 Å². The summed E-state index contributed by atoms with van der Waals surface area (Å²) in [7, 11) is -3.54. The van der Waals surface area contributed by atoms with Gasteiger partial charge in [-0.3, -0.25) is 9.10 Å². The van der Waals surface area contributed by atoms with Crippen LogP contribution in [0.15, 0.2) is 22.7 Å². The minimum absolute atomic E-state index is 0.0134. The van der Waals surface area contributed by atoms with Crippen LogP contribution in [0.4, 0.5) is 5.69 Å². The lowest BCUT2D eigenvalue weighted by molar-refractivity contribution is -0.120. The lowest BCUT2D eigenvalue weighted by Gasteiger charge is -2.24. The molecule has 0 saturated heterocycles. The van der Waals surface area contributed by atoms with E-state index >= 15 is 0 Å². The fourth-order valence-electron chi connectivity index (χ4n) is 1.78. The van der Waals surface area contributed by atoms with E-state index in [9.17, 15) is 13.2 Å². The van der Waals surface area contributed by atoms with E-state index in [1.54, 1.807) is 18.2 Å². The normalized spacial score (nSPS) is 13.0. The Kier molecular flexibility index (Phi) is 6.43. The third kappa shape index (κ3) is 5.28. The van der Waals surface area contributed by atoms with E-state index < -0.39 is 10.0 Å². The maximum Gasteiger partial charge on any atom is 0.240 e. The van der Waals surface area contributed by atoms with Gasteiger partial charge in [0.1, 0.15) is 6.54 Å². The number of benzene rings is 1. The third-order valence-electron chi connectivity index (χ3n) is 3.51. The maximum absolute atomic E-state index is 12.1. The summed E-state index contributed by atoms with van der Waals surface area (Å²) in [5.74, 6) is -0.0299. The molecule has 22 heavy (non-hydrogen) atoms. The first-order valence-corrected chi connectivity index (χ1v) is 9.69. The van der Waals surface area contributed by atoms with E-state index in [1.807, 2.05) is 27.7 Å². The second-order valence-corrected chi connectivity index (χ2v) is 8.56. The highest BCUT2D eigenvalue weighted by molar-refractivity contribution is 9.10. The maximum atomic E-state index is 12.1. The first-order valence-electron chi connectivity index (χ1n) is 7.05. The van der Waals surface area contributed by atoms with Gasteiger partial charge in [0, 0.05) is 10.5 Å². The van der Waals surface area contributed by atoms with Crippen molar-refractivity contribution in [2.24, 2.45) is 5.92 Å². The number of amides is 1. The van der Waals surface area contributed by atoms with Gasteiger partial charge in [-0.1, -0.05) is 29.8 Å². The number of carbonyl (C=O) groups is 1. The summed E-state index contributed by atoms with van der Waals surface area (Å²) >= 11 is 3.38. The number of aryl methyl sites for hydroxylation is 1. The summed E-state index contributed by atoms with van der Waals surface area (Å²) in [6, 6.07) is 5.18. The lowest BCUT2D eigenvalue weighted by atomic mass is 10.1. The fraction of sp³-hybridized carbons (Fsp3) is 0.533. The van der Waals surface area contributed by atoms with Gasteiger partial charge in [-0.25, -0.2) is 8.42 Å². The summed E-state index contributed by atoms with van der Waals surface area (Å²) < 4.78 is 26.0. The van der Waals surface area contributed by atoms with E-state index in [4.69, 9.17) is 0 Å². The molecular weight excluding hydrogens is 368 g/mol. The van der Waals surface area contributed by atoms with Crippen LogP contribution in [0, 0.1) is 12.8 Å². The van der Waals surface area contributed by atoms with E-state index in [-0.39, 0.29) is 24.4 Å². The largest absolute Gasteiger partial charge is 0.352 e. The molecule has 1 aromatic rings. The number of halogens is 1. The van der Waals surface area contributed by atoms with Crippen molar-refractivity contribution >= 4 is 37.5 Å². The molecular formula is C15H23BrN2O3S. The smallest absolute Gasteiger partial charge is 0.240 e. The quantitative estimate of drug-likeness (QED) is 0.811. The summed E-state index contributed by atoms with van der Waals surface area (Å²) in [5, 5.41) is 2.82.